The summed E-state index contributed by atoms with van der Waals surface area (Å²) in [6, 6.07) is 0. The molecule has 4 heteroatoms. The highest BCUT2D eigenvalue weighted by Gasteiger charge is 2.14. The maximum Gasteiger partial charge on any atom is 0.119 e. The number of hydrogen-bond acceptors (Lipinski definition) is 3. The van der Waals surface area contributed by atoms with Gasteiger partial charge >= 0.3 is 0 Å². The average Bonchev–Trinajstić information content (AvgIpc) is 1.81. The summed E-state index contributed by atoms with van der Waals surface area (Å²) in [5.74, 6) is -1.02. The van der Waals surface area contributed by atoms with Gasteiger partial charge < -0.3 is 19.1 Å². The third-order valence-corrected chi connectivity index (χ3v) is 1.70. The first-order valence-corrected chi connectivity index (χ1v) is 4.47. The molecule has 0 unspecified atom stereocenters. The Balaban J connectivity index is 3.69. The Labute approximate surface area is 79.7 Å². The smallest absolute Gasteiger partial charge is 0.119 e. The van der Waals surface area contributed by atoms with Crippen LogP contribution in [0.1, 0.15) is 13.8 Å². The SMILES string of the molecule is CC(C)OCC[N+](C)(C)CC(=O)[O-]. The summed E-state index contributed by atoms with van der Waals surface area (Å²) in [7, 11) is 3.69. The highest BCUT2D eigenvalue weighted by atomic mass is 16.5. The summed E-state index contributed by atoms with van der Waals surface area (Å²) in [5, 5.41) is 10.3. The van der Waals surface area contributed by atoms with Crippen LogP contribution >= 0.6 is 0 Å². The number of quaternary nitrogens is 1. The molecule has 0 aromatic rings. The van der Waals surface area contributed by atoms with E-state index in [0.29, 0.717) is 17.6 Å². The number of carboxylic acid groups (broad SMARTS) is 1. The minimum Gasteiger partial charge on any atom is -0.544 e. The molecule has 0 amide bonds. The molecule has 0 fully saturated rings. The monoisotopic (exact) mass is 189 g/mol. The van der Waals surface area contributed by atoms with Gasteiger partial charge in [0.15, 0.2) is 0 Å². The van der Waals surface area contributed by atoms with Gasteiger partial charge in [0, 0.05) is 0 Å². The number of ether oxygens (including phenoxy) is 1. The lowest BCUT2D eigenvalue weighted by molar-refractivity contribution is -0.885. The van der Waals surface area contributed by atoms with Crippen molar-refractivity contribution in [2.45, 2.75) is 20.0 Å². The molecule has 4 nitrogen and oxygen atoms in total. The first kappa shape index (κ1) is 12.4. The molecular formula is C9H19NO3. The fourth-order valence-electron chi connectivity index (χ4n) is 0.964. The van der Waals surface area contributed by atoms with E-state index in [1.54, 1.807) is 0 Å². The predicted molar refractivity (Wildman–Crippen MR) is 47.9 cm³/mol. The summed E-state index contributed by atoms with van der Waals surface area (Å²) in [5.41, 5.74) is 0. The molecule has 0 aliphatic heterocycles. The van der Waals surface area contributed by atoms with Gasteiger partial charge in [0.05, 0.1) is 32.8 Å². The first-order valence-electron chi connectivity index (χ1n) is 4.47. The van der Waals surface area contributed by atoms with E-state index in [2.05, 4.69) is 0 Å². The van der Waals surface area contributed by atoms with Crippen LogP contribution in [-0.2, 0) is 9.53 Å². The predicted octanol–water partition coefficient (Wildman–Crippen LogP) is -0.762. The molecule has 0 aliphatic carbocycles. The van der Waals surface area contributed by atoms with E-state index in [9.17, 15) is 9.90 Å². The number of aliphatic carboxylic acids is 1. The Morgan fingerprint density at radius 2 is 2.00 bits per heavy atom. The Bertz CT molecular complexity index is 166. The fourth-order valence-corrected chi connectivity index (χ4v) is 0.964. The van der Waals surface area contributed by atoms with Crippen molar-refractivity contribution in [2.24, 2.45) is 0 Å². The van der Waals surface area contributed by atoms with Crippen molar-refractivity contribution in [1.82, 2.24) is 0 Å². The molecule has 0 atom stereocenters. The molecule has 78 valence electrons. The summed E-state index contributed by atoms with van der Waals surface area (Å²) in [6.45, 7) is 5.21. The number of carbonyl (C=O) groups excluding carboxylic acids is 1. The second-order valence-electron chi connectivity index (χ2n) is 4.11. The highest BCUT2D eigenvalue weighted by molar-refractivity contribution is 5.65. The van der Waals surface area contributed by atoms with E-state index in [0.717, 1.165) is 0 Å². The van der Waals surface area contributed by atoms with Crippen molar-refractivity contribution in [3.63, 3.8) is 0 Å². The zero-order chi connectivity index (χ0) is 10.5. The molecule has 0 radical (unpaired) electrons. The number of rotatable bonds is 6. The second kappa shape index (κ2) is 5.19. The molecule has 0 saturated heterocycles. The van der Waals surface area contributed by atoms with E-state index >= 15 is 0 Å². The van der Waals surface area contributed by atoms with Gasteiger partial charge in [0.25, 0.3) is 0 Å². The van der Waals surface area contributed by atoms with Crippen molar-refractivity contribution in [1.29, 1.82) is 0 Å². The van der Waals surface area contributed by atoms with Crippen molar-refractivity contribution in [3.8, 4) is 0 Å². The van der Waals surface area contributed by atoms with Crippen LogP contribution in [0.4, 0.5) is 0 Å². The molecule has 0 bridgehead atoms. The molecule has 0 saturated carbocycles. The topological polar surface area (TPSA) is 49.4 Å². The van der Waals surface area contributed by atoms with Crippen LogP contribution in [0.15, 0.2) is 0 Å². The van der Waals surface area contributed by atoms with Crippen LogP contribution in [-0.4, -0.2) is 50.3 Å². The van der Waals surface area contributed by atoms with Crippen LogP contribution in [0.3, 0.4) is 0 Å². The lowest BCUT2D eigenvalue weighted by Gasteiger charge is -2.30. The number of nitrogens with zero attached hydrogens (tertiary/aromatic N) is 1. The quantitative estimate of drug-likeness (QED) is 0.516. The molecule has 0 spiro atoms. The molecule has 0 heterocycles. The summed E-state index contributed by atoms with van der Waals surface area (Å²) < 4.78 is 5.73. The zero-order valence-corrected chi connectivity index (χ0v) is 8.87. The van der Waals surface area contributed by atoms with Gasteiger partial charge in [-0.15, -0.1) is 0 Å². The van der Waals surface area contributed by atoms with Crippen LogP contribution in [0.5, 0.6) is 0 Å². The lowest BCUT2D eigenvalue weighted by Crippen LogP contribution is -2.50. The molecule has 0 aliphatic rings. The third kappa shape index (κ3) is 7.74. The number of carboxylic acids is 1. The van der Waals surface area contributed by atoms with Gasteiger partial charge in [0.2, 0.25) is 0 Å². The molecule has 0 aromatic heterocycles. The van der Waals surface area contributed by atoms with Gasteiger partial charge in [-0.3, -0.25) is 0 Å². The Hall–Kier alpha value is -0.610. The lowest BCUT2D eigenvalue weighted by atomic mass is 10.4. The van der Waals surface area contributed by atoms with Crippen molar-refractivity contribution >= 4 is 5.97 Å². The van der Waals surface area contributed by atoms with E-state index in [-0.39, 0.29) is 12.6 Å². The first-order chi connectivity index (χ1) is 5.83. The largest absolute Gasteiger partial charge is 0.544 e. The number of hydrogen-bond donors (Lipinski definition) is 0. The summed E-state index contributed by atoms with van der Waals surface area (Å²) in [4.78, 5) is 10.3. The summed E-state index contributed by atoms with van der Waals surface area (Å²) in [6.07, 6.45) is 0.197. The van der Waals surface area contributed by atoms with E-state index in [4.69, 9.17) is 4.74 Å². The van der Waals surface area contributed by atoms with Gasteiger partial charge in [-0.25, -0.2) is 0 Å². The van der Waals surface area contributed by atoms with Crippen molar-refractivity contribution in [2.75, 3.05) is 33.8 Å². The molecule has 0 rings (SSSR count). The minimum absolute atomic E-state index is 0.0292. The molecule has 13 heavy (non-hydrogen) atoms. The standard InChI is InChI=1S/C9H19NO3/c1-8(2)13-6-5-10(3,4)7-9(11)12/h8H,5-7H2,1-4H3. The fraction of sp³-hybridized carbons (Fsp3) is 0.889. The van der Waals surface area contributed by atoms with E-state index in [1.807, 2.05) is 27.9 Å². The Morgan fingerprint density at radius 1 is 1.46 bits per heavy atom. The van der Waals surface area contributed by atoms with E-state index < -0.39 is 5.97 Å². The maximum atomic E-state index is 10.3. The minimum atomic E-state index is -1.02. The summed E-state index contributed by atoms with van der Waals surface area (Å²) >= 11 is 0. The normalized spacial score (nSPS) is 12.1. The van der Waals surface area contributed by atoms with Gasteiger partial charge in [-0.2, -0.15) is 0 Å². The highest BCUT2D eigenvalue weighted by Crippen LogP contribution is 1.97. The molecular weight excluding hydrogens is 170 g/mol. The van der Waals surface area contributed by atoms with Crippen LogP contribution in [0.25, 0.3) is 0 Å². The molecule has 0 N–H and O–H groups in total. The van der Waals surface area contributed by atoms with Crippen LogP contribution in [0, 0.1) is 0 Å². The van der Waals surface area contributed by atoms with E-state index in [1.165, 1.54) is 0 Å². The maximum absolute atomic E-state index is 10.3. The van der Waals surface area contributed by atoms with Crippen molar-refractivity contribution in [3.05, 3.63) is 0 Å². The Morgan fingerprint density at radius 3 is 2.38 bits per heavy atom. The van der Waals surface area contributed by atoms with Gasteiger partial charge in [-0.05, 0) is 13.8 Å². The number of likely N-dealkylation sites (N-methyl/N-ethyl adjacent to an activating group) is 1. The zero-order valence-electron chi connectivity index (χ0n) is 8.87. The van der Waals surface area contributed by atoms with Crippen LogP contribution < -0.4 is 5.11 Å². The third-order valence-electron chi connectivity index (χ3n) is 1.70. The average molecular weight is 189 g/mol. The van der Waals surface area contributed by atoms with Gasteiger partial charge in [-0.1, -0.05) is 0 Å². The second-order valence-corrected chi connectivity index (χ2v) is 4.11. The van der Waals surface area contributed by atoms with Crippen LogP contribution in [0.2, 0.25) is 0 Å². The van der Waals surface area contributed by atoms with Crippen molar-refractivity contribution < 1.29 is 19.1 Å². The Kier molecular flexibility index (Phi) is 4.95. The van der Waals surface area contributed by atoms with Gasteiger partial charge in [0.1, 0.15) is 13.1 Å². The number of carbonyl (C=O) groups is 1. The molecule has 0 aromatic carbocycles.